The van der Waals surface area contributed by atoms with Crippen molar-refractivity contribution in [1.29, 1.82) is 0 Å². The molecule has 7 nitrogen and oxygen atoms in total. The van der Waals surface area contributed by atoms with E-state index in [0.29, 0.717) is 26.9 Å². The standard InChI is InChI=1S/C17H16BrN5O2/c1-9-13(8-12-10(2)22-23(3)15(12)19-9)17(25)21-20-16(24)11-6-4-5-7-14(11)18/h4-8H,1-3H3,(H,20,24)(H,21,25). The highest BCUT2D eigenvalue weighted by molar-refractivity contribution is 9.10. The second-order valence-corrected chi connectivity index (χ2v) is 6.44. The van der Waals surface area contributed by atoms with Gasteiger partial charge in [0.05, 0.1) is 22.5 Å². The largest absolute Gasteiger partial charge is 0.271 e. The molecule has 0 saturated heterocycles. The normalized spacial score (nSPS) is 10.7. The van der Waals surface area contributed by atoms with Gasteiger partial charge in [0.15, 0.2) is 5.65 Å². The minimum atomic E-state index is -0.435. The summed E-state index contributed by atoms with van der Waals surface area (Å²) in [4.78, 5) is 29.1. The number of hydrazine groups is 1. The lowest BCUT2D eigenvalue weighted by Gasteiger charge is -2.10. The van der Waals surface area contributed by atoms with E-state index >= 15 is 0 Å². The number of carbonyl (C=O) groups is 2. The van der Waals surface area contributed by atoms with Crippen molar-refractivity contribution in [2.45, 2.75) is 13.8 Å². The minimum Gasteiger partial charge on any atom is -0.267 e. The summed E-state index contributed by atoms with van der Waals surface area (Å²) in [6, 6.07) is 8.70. The quantitative estimate of drug-likeness (QED) is 0.645. The van der Waals surface area contributed by atoms with Gasteiger partial charge in [0, 0.05) is 16.9 Å². The van der Waals surface area contributed by atoms with E-state index in [0.717, 1.165) is 11.1 Å². The highest BCUT2D eigenvalue weighted by Crippen LogP contribution is 2.19. The predicted molar refractivity (Wildman–Crippen MR) is 97.1 cm³/mol. The van der Waals surface area contributed by atoms with E-state index in [1.54, 1.807) is 49.0 Å². The van der Waals surface area contributed by atoms with Crippen LogP contribution in [0.2, 0.25) is 0 Å². The Morgan fingerprint density at radius 3 is 2.36 bits per heavy atom. The van der Waals surface area contributed by atoms with Crippen molar-refractivity contribution in [1.82, 2.24) is 25.6 Å². The third-order valence-electron chi connectivity index (χ3n) is 3.84. The summed E-state index contributed by atoms with van der Waals surface area (Å²) in [5, 5.41) is 5.10. The van der Waals surface area contributed by atoms with E-state index in [1.807, 2.05) is 6.92 Å². The molecule has 2 N–H and O–H groups in total. The second-order valence-electron chi connectivity index (χ2n) is 5.59. The van der Waals surface area contributed by atoms with Gasteiger partial charge in [-0.3, -0.25) is 25.1 Å². The molecular formula is C17H16BrN5O2. The maximum atomic E-state index is 12.4. The molecule has 3 rings (SSSR count). The molecule has 0 aliphatic rings. The van der Waals surface area contributed by atoms with E-state index in [2.05, 4.69) is 36.9 Å². The van der Waals surface area contributed by atoms with Gasteiger partial charge in [-0.1, -0.05) is 12.1 Å². The van der Waals surface area contributed by atoms with Gasteiger partial charge in [-0.15, -0.1) is 0 Å². The maximum Gasteiger partial charge on any atom is 0.271 e. The van der Waals surface area contributed by atoms with Gasteiger partial charge in [-0.25, -0.2) is 4.98 Å². The Morgan fingerprint density at radius 1 is 1.04 bits per heavy atom. The molecule has 25 heavy (non-hydrogen) atoms. The summed E-state index contributed by atoms with van der Waals surface area (Å²) in [7, 11) is 1.81. The van der Waals surface area contributed by atoms with Crippen molar-refractivity contribution in [2.24, 2.45) is 7.05 Å². The molecule has 2 aromatic heterocycles. The van der Waals surface area contributed by atoms with Crippen molar-refractivity contribution in [3.63, 3.8) is 0 Å². The number of hydrogen-bond acceptors (Lipinski definition) is 4. The van der Waals surface area contributed by atoms with Crippen molar-refractivity contribution >= 4 is 38.8 Å². The molecular weight excluding hydrogens is 386 g/mol. The monoisotopic (exact) mass is 401 g/mol. The zero-order valence-electron chi connectivity index (χ0n) is 13.9. The number of aromatic nitrogens is 3. The lowest BCUT2D eigenvalue weighted by Crippen LogP contribution is -2.42. The molecule has 0 fully saturated rings. The Morgan fingerprint density at radius 2 is 1.68 bits per heavy atom. The molecule has 0 radical (unpaired) electrons. The lowest BCUT2D eigenvalue weighted by atomic mass is 10.1. The summed E-state index contributed by atoms with van der Waals surface area (Å²) >= 11 is 3.31. The smallest absolute Gasteiger partial charge is 0.267 e. The molecule has 2 amide bonds. The van der Waals surface area contributed by atoms with Crippen LogP contribution in [0.1, 0.15) is 32.1 Å². The Hall–Kier alpha value is -2.74. The highest BCUT2D eigenvalue weighted by atomic mass is 79.9. The number of carbonyl (C=O) groups excluding carboxylic acids is 2. The highest BCUT2D eigenvalue weighted by Gasteiger charge is 2.16. The fourth-order valence-corrected chi connectivity index (χ4v) is 3.02. The third kappa shape index (κ3) is 3.25. The summed E-state index contributed by atoms with van der Waals surface area (Å²) in [5.41, 5.74) is 7.72. The molecule has 3 aromatic rings. The maximum absolute atomic E-state index is 12.4. The first kappa shape index (κ1) is 17.1. The summed E-state index contributed by atoms with van der Waals surface area (Å²) in [6.45, 7) is 3.60. The number of amides is 2. The van der Waals surface area contributed by atoms with Crippen molar-refractivity contribution < 1.29 is 9.59 Å². The van der Waals surface area contributed by atoms with E-state index < -0.39 is 11.8 Å². The Balaban J connectivity index is 1.81. The average molecular weight is 402 g/mol. The van der Waals surface area contributed by atoms with E-state index in [4.69, 9.17) is 0 Å². The van der Waals surface area contributed by atoms with Crippen LogP contribution in [0.15, 0.2) is 34.8 Å². The van der Waals surface area contributed by atoms with Crippen LogP contribution in [-0.2, 0) is 7.05 Å². The summed E-state index contributed by atoms with van der Waals surface area (Å²) in [5.74, 6) is -0.847. The van der Waals surface area contributed by atoms with Crippen LogP contribution >= 0.6 is 15.9 Å². The molecule has 8 heteroatoms. The first-order valence-electron chi connectivity index (χ1n) is 7.54. The number of pyridine rings is 1. The van der Waals surface area contributed by atoms with Crippen LogP contribution in [0, 0.1) is 13.8 Å². The number of fused-ring (bicyclic) bond motifs is 1. The number of benzene rings is 1. The molecule has 0 bridgehead atoms. The Labute approximate surface area is 152 Å². The second kappa shape index (κ2) is 6.64. The van der Waals surface area contributed by atoms with Crippen molar-refractivity contribution in [3.8, 4) is 0 Å². The molecule has 2 heterocycles. The van der Waals surface area contributed by atoms with Crippen LogP contribution in [0.25, 0.3) is 11.0 Å². The number of nitrogens with one attached hydrogen (secondary N) is 2. The van der Waals surface area contributed by atoms with Crippen LogP contribution in [0.5, 0.6) is 0 Å². The lowest BCUT2D eigenvalue weighted by molar-refractivity contribution is 0.0845. The molecule has 0 aliphatic carbocycles. The number of nitrogens with zero attached hydrogens (tertiary/aromatic N) is 3. The van der Waals surface area contributed by atoms with Gasteiger partial charge in [-0.05, 0) is 48.0 Å². The zero-order chi connectivity index (χ0) is 18.1. The molecule has 1 aromatic carbocycles. The Kier molecular flexibility index (Phi) is 4.54. The topological polar surface area (TPSA) is 88.9 Å². The van der Waals surface area contributed by atoms with Gasteiger partial charge in [0.1, 0.15) is 0 Å². The average Bonchev–Trinajstić information content (AvgIpc) is 2.85. The van der Waals surface area contributed by atoms with Gasteiger partial charge in [0.2, 0.25) is 0 Å². The van der Waals surface area contributed by atoms with Crippen molar-refractivity contribution in [2.75, 3.05) is 0 Å². The third-order valence-corrected chi connectivity index (χ3v) is 4.53. The summed E-state index contributed by atoms with van der Waals surface area (Å²) in [6.07, 6.45) is 0. The van der Waals surface area contributed by atoms with E-state index in [9.17, 15) is 9.59 Å². The zero-order valence-corrected chi connectivity index (χ0v) is 15.5. The number of rotatable bonds is 2. The van der Waals surface area contributed by atoms with Crippen molar-refractivity contribution in [3.05, 3.63) is 57.3 Å². The minimum absolute atomic E-state index is 0.385. The fourth-order valence-electron chi connectivity index (χ4n) is 2.56. The van der Waals surface area contributed by atoms with Crippen LogP contribution in [0.4, 0.5) is 0 Å². The molecule has 0 atom stereocenters. The predicted octanol–water partition coefficient (Wildman–Crippen LogP) is 2.42. The van der Waals surface area contributed by atoms with Gasteiger partial charge >= 0.3 is 0 Å². The van der Waals surface area contributed by atoms with Gasteiger partial charge < -0.3 is 0 Å². The SMILES string of the molecule is Cc1nc2c(cc1C(=O)NNC(=O)c1ccccc1Br)c(C)nn2C. The van der Waals surface area contributed by atoms with Gasteiger partial charge in [-0.2, -0.15) is 5.10 Å². The van der Waals surface area contributed by atoms with Crippen LogP contribution in [0.3, 0.4) is 0 Å². The van der Waals surface area contributed by atoms with E-state index in [1.165, 1.54) is 0 Å². The first-order chi connectivity index (χ1) is 11.9. The Bertz CT molecular complexity index is 996. The summed E-state index contributed by atoms with van der Waals surface area (Å²) < 4.78 is 2.32. The number of hydrogen-bond donors (Lipinski definition) is 2. The first-order valence-corrected chi connectivity index (χ1v) is 8.34. The molecule has 128 valence electrons. The van der Waals surface area contributed by atoms with Crippen LogP contribution < -0.4 is 10.9 Å². The van der Waals surface area contributed by atoms with E-state index in [-0.39, 0.29) is 0 Å². The molecule has 0 spiro atoms. The number of aryl methyl sites for hydroxylation is 3. The number of halogens is 1. The molecule has 0 unspecified atom stereocenters. The van der Waals surface area contributed by atoms with Crippen LogP contribution in [-0.4, -0.2) is 26.6 Å². The fraction of sp³-hybridized carbons (Fsp3) is 0.176. The van der Waals surface area contributed by atoms with Gasteiger partial charge in [0.25, 0.3) is 11.8 Å². The molecule has 0 saturated carbocycles. The molecule has 0 aliphatic heterocycles.